The van der Waals surface area contributed by atoms with Crippen LogP contribution in [0, 0.1) is 5.92 Å². The first-order valence-electron chi connectivity index (χ1n) is 4.38. The Morgan fingerprint density at radius 2 is 1.92 bits per heavy atom. The molecule has 0 aromatic rings. The van der Waals surface area contributed by atoms with Crippen LogP contribution in [0.3, 0.4) is 0 Å². The van der Waals surface area contributed by atoms with E-state index in [0.717, 1.165) is 5.71 Å². The van der Waals surface area contributed by atoms with E-state index in [0.29, 0.717) is 5.92 Å². The molecule has 0 amide bonds. The highest BCUT2D eigenvalue weighted by atomic mass is 32.2. The summed E-state index contributed by atoms with van der Waals surface area (Å²) in [6.45, 7) is 7.84. The molecule has 2 nitrogen and oxygen atoms in total. The highest BCUT2D eigenvalue weighted by Crippen LogP contribution is 2.31. The van der Waals surface area contributed by atoms with Crippen LogP contribution in [0.25, 0.3) is 0 Å². The predicted octanol–water partition coefficient (Wildman–Crippen LogP) is 2.32. The van der Waals surface area contributed by atoms with Crippen LogP contribution in [0.5, 0.6) is 0 Å². The minimum Gasteiger partial charge on any atom is -0.234 e. The summed E-state index contributed by atoms with van der Waals surface area (Å²) in [4.78, 5) is 0. The Bertz CT molecular complexity index is 223. The van der Waals surface area contributed by atoms with E-state index in [1.807, 2.05) is 27.7 Å². The molecule has 0 saturated heterocycles. The molecule has 1 aliphatic rings. The molecule has 0 N–H and O–H groups in total. The molecule has 0 heterocycles. The van der Waals surface area contributed by atoms with Gasteiger partial charge in [-0.3, -0.25) is 0 Å². The summed E-state index contributed by atoms with van der Waals surface area (Å²) in [7, 11) is -1.06. The smallest absolute Gasteiger partial charge is 0.144 e. The van der Waals surface area contributed by atoms with E-state index in [-0.39, 0.29) is 4.75 Å². The molecule has 0 radical (unpaired) electrons. The molecule has 0 aliphatic heterocycles. The lowest BCUT2D eigenvalue weighted by Crippen LogP contribution is -2.20. The van der Waals surface area contributed by atoms with Crippen LogP contribution in [0.4, 0.5) is 0 Å². The van der Waals surface area contributed by atoms with E-state index in [2.05, 4.69) is 4.40 Å². The summed E-state index contributed by atoms with van der Waals surface area (Å²) in [6.07, 6.45) is 2.47. The van der Waals surface area contributed by atoms with E-state index >= 15 is 0 Å². The van der Waals surface area contributed by atoms with Gasteiger partial charge in [-0.1, -0.05) is 0 Å². The molecule has 1 atom stereocenters. The van der Waals surface area contributed by atoms with E-state index in [1.54, 1.807) is 0 Å². The zero-order chi connectivity index (χ0) is 9.35. The van der Waals surface area contributed by atoms with Gasteiger partial charge in [0.05, 0.1) is 4.75 Å². The summed E-state index contributed by atoms with van der Waals surface area (Å²) >= 11 is 0. The summed E-state index contributed by atoms with van der Waals surface area (Å²) in [5.74, 6) is 0.635. The van der Waals surface area contributed by atoms with Crippen molar-refractivity contribution in [2.24, 2.45) is 10.3 Å². The van der Waals surface area contributed by atoms with Gasteiger partial charge in [-0.15, -0.1) is 0 Å². The van der Waals surface area contributed by atoms with Crippen molar-refractivity contribution in [3.63, 3.8) is 0 Å². The molecule has 1 rings (SSSR count). The lowest BCUT2D eigenvalue weighted by molar-refractivity contribution is 0.650. The van der Waals surface area contributed by atoms with Crippen molar-refractivity contribution in [1.29, 1.82) is 0 Å². The van der Waals surface area contributed by atoms with Crippen molar-refractivity contribution in [2.75, 3.05) is 0 Å². The first kappa shape index (κ1) is 9.90. The molecule has 12 heavy (non-hydrogen) atoms. The number of nitrogens with zero attached hydrogens (tertiary/aromatic N) is 1. The van der Waals surface area contributed by atoms with Gasteiger partial charge in [-0.05, 0) is 46.5 Å². The molecule has 70 valence electrons. The predicted molar refractivity (Wildman–Crippen MR) is 53.7 cm³/mol. The first-order chi connectivity index (χ1) is 5.41. The zero-order valence-corrected chi connectivity index (χ0v) is 9.07. The fourth-order valence-electron chi connectivity index (χ4n) is 0.843. The highest BCUT2D eigenvalue weighted by Gasteiger charge is 2.26. The minimum absolute atomic E-state index is 0.212. The van der Waals surface area contributed by atoms with E-state index in [1.165, 1.54) is 12.8 Å². The van der Waals surface area contributed by atoms with Crippen LogP contribution < -0.4 is 0 Å². The maximum absolute atomic E-state index is 11.5. The Balaban J connectivity index is 2.59. The standard InChI is InChI=1S/C9H17NOS/c1-7(8-5-6-8)10-12(11)9(2,3)4/h8H,5-6H2,1-4H3/t12-/m0/s1. The molecule has 0 bridgehead atoms. The summed E-state index contributed by atoms with van der Waals surface area (Å²) in [6, 6.07) is 0. The van der Waals surface area contributed by atoms with E-state index in [9.17, 15) is 4.21 Å². The van der Waals surface area contributed by atoms with Gasteiger partial charge in [0.15, 0.2) is 0 Å². The van der Waals surface area contributed by atoms with Crippen LogP contribution in [0.15, 0.2) is 4.40 Å². The number of hydrogen-bond donors (Lipinski definition) is 0. The van der Waals surface area contributed by atoms with Gasteiger partial charge in [-0.2, -0.15) is 4.40 Å². The Morgan fingerprint density at radius 3 is 2.25 bits per heavy atom. The monoisotopic (exact) mass is 187 g/mol. The van der Waals surface area contributed by atoms with E-state index in [4.69, 9.17) is 0 Å². The van der Waals surface area contributed by atoms with Crippen LogP contribution in [-0.4, -0.2) is 14.7 Å². The third kappa shape index (κ3) is 2.70. The Hall–Kier alpha value is -0.180. The topological polar surface area (TPSA) is 29.4 Å². The van der Waals surface area contributed by atoms with Gasteiger partial charge in [0.25, 0.3) is 0 Å². The molecular formula is C9H17NOS. The third-order valence-electron chi connectivity index (χ3n) is 1.92. The van der Waals surface area contributed by atoms with E-state index < -0.39 is 11.0 Å². The molecule has 3 heteroatoms. The Kier molecular flexibility index (Phi) is 2.71. The second kappa shape index (κ2) is 3.29. The van der Waals surface area contributed by atoms with Crippen molar-refractivity contribution in [2.45, 2.75) is 45.3 Å². The minimum atomic E-state index is -1.06. The van der Waals surface area contributed by atoms with Crippen LogP contribution in [0.2, 0.25) is 0 Å². The van der Waals surface area contributed by atoms with Gasteiger partial charge in [0.1, 0.15) is 11.0 Å². The fraction of sp³-hybridized carbons (Fsp3) is 0.889. The molecule has 0 unspecified atom stereocenters. The van der Waals surface area contributed by atoms with Gasteiger partial charge < -0.3 is 0 Å². The van der Waals surface area contributed by atoms with Gasteiger partial charge in [0, 0.05) is 5.71 Å². The van der Waals surface area contributed by atoms with Gasteiger partial charge in [-0.25, -0.2) is 4.21 Å². The summed E-state index contributed by atoms with van der Waals surface area (Å²) in [5.41, 5.74) is 1.07. The largest absolute Gasteiger partial charge is 0.234 e. The quantitative estimate of drug-likeness (QED) is 0.610. The van der Waals surface area contributed by atoms with Crippen molar-refractivity contribution < 1.29 is 4.21 Å². The Labute approximate surface area is 77.1 Å². The molecule has 1 aliphatic carbocycles. The number of rotatable bonds is 2. The average molecular weight is 187 g/mol. The molecule has 0 aromatic heterocycles. The average Bonchev–Trinajstić information content (AvgIpc) is 2.65. The van der Waals surface area contributed by atoms with Crippen LogP contribution in [-0.2, 0) is 11.0 Å². The lowest BCUT2D eigenvalue weighted by atomic mass is 10.3. The second-order valence-electron chi connectivity index (χ2n) is 4.37. The maximum atomic E-state index is 11.5. The number of hydrogen-bond acceptors (Lipinski definition) is 1. The summed E-state index contributed by atoms with van der Waals surface area (Å²) in [5, 5.41) is 0. The molecular weight excluding hydrogens is 170 g/mol. The molecule has 0 spiro atoms. The van der Waals surface area contributed by atoms with Crippen molar-refractivity contribution in [3.05, 3.63) is 0 Å². The summed E-state index contributed by atoms with van der Waals surface area (Å²) < 4.78 is 15.5. The lowest BCUT2D eigenvalue weighted by Gasteiger charge is -2.13. The fourth-order valence-corrected chi connectivity index (χ4v) is 1.53. The normalized spacial score (nSPS) is 22.5. The van der Waals surface area contributed by atoms with Crippen LogP contribution >= 0.6 is 0 Å². The maximum Gasteiger partial charge on any atom is 0.144 e. The molecule has 1 fully saturated rings. The van der Waals surface area contributed by atoms with Gasteiger partial charge in [0.2, 0.25) is 0 Å². The highest BCUT2D eigenvalue weighted by molar-refractivity contribution is 7.85. The van der Waals surface area contributed by atoms with Crippen molar-refractivity contribution in [1.82, 2.24) is 0 Å². The van der Waals surface area contributed by atoms with Gasteiger partial charge >= 0.3 is 0 Å². The van der Waals surface area contributed by atoms with Crippen LogP contribution in [0.1, 0.15) is 40.5 Å². The third-order valence-corrected chi connectivity index (χ3v) is 3.42. The Morgan fingerprint density at radius 1 is 1.42 bits per heavy atom. The molecule has 0 aromatic carbocycles. The first-order valence-corrected chi connectivity index (χ1v) is 5.49. The van der Waals surface area contributed by atoms with Crippen molar-refractivity contribution >= 4 is 16.7 Å². The molecule has 1 saturated carbocycles. The van der Waals surface area contributed by atoms with Crippen molar-refractivity contribution in [3.8, 4) is 0 Å². The second-order valence-corrected chi connectivity index (χ2v) is 6.27. The zero-order valence-electron chi connectivity index (χ0n) is 8.26. The SMILES string of the molecule is CC(=N[S@@](=O)C(C)(C)C)C1CC1.